The number of fused-ring (bicyclic) bond motifs is 2. The Hall–Kier alpha value is -3.61. The van der Waals surface area contributed by atoms with Gasteiger partial charge >= 0.3 is 5.97 Å². The lowest BCUT2D eigenvalue weighted by Crippen LogP contribution is -2.20. The maximum Gasteiger partial charge on any atom is 0.311 e. The summed E-state index contributed by atoms with van der Waals surface area (Å²) in [6.45, 7) is 0.306. The zero-order chi connectivity index (χ0) is 24.5. The molecule has 5 rings (SSSR count). The van der Waals surface area contributed by atoms with Crippen molar-refractivity contribution >= 4 is 45.9 Å². The third-order valence-corrected chi connectivity index (χ3v) is 6.48. The van der Waals surface area contributed by atoms with Crippen molar-refractivity contribution in [2.75, 3.05) is 6.61 Å². The highest BCUT2D eigenvalue weighted by molar-refractivity contribution is 6.35. The molecule has 35 heavy (non-hydrogen) atoms. The molecule has 0 saturated carbocycles. The summed E-state index contributed by atoms with van der Waals surface area (Å²) in [7, 11) is 0. The van der Waals surface area contributed by atoms with E-state index in [0.717, 1.165) is 5.39 Å². The first-order valence-electron chi connectivity index (χ1n) is 10.9. The maximum atomic E-state index is 12.8. The van der Waals surface area contributed by atoms with E-state index in [-0.39, 0.29) is 17.2 Å². The minimum Gasteiger partial charge on any atom is -0.493 e. The van der Waals surface area contributed by atoms with Crippen molar-refractivity contribution in [2.45, 2.75) is 18.8 Å². The Morgan fingerprint density at radius 1 is 1.03 bits per heavy atom. The van der Waals surface area contributed by atoms with Gasteiger partial charge in [0.05, 0.1) is 34.5 Å². The van der Waals surface area contributed by atoms with Crippen LogP contribution in [-0.4, -0.2) is 28.4 Å². The molecular formula is C27H19Cl2NO5. The van der Waals surface area contributed by atoms with E-state index in [4.69, 9.17) is 32.7 Å². The van der Waals surface area contributed by atoms with Crippen LogP contribution in [0.25, 0.3) is 10.9 Å². The molecular weight excluding hydrogens is 489 g/mol. The van der Waals surface area contributed by atoms with Crippen LogP contribution in [0.3, 0.4) is 0 Å². The van der Waals surface area contributed by atoms with Crippen LogP contribution in [-0.2, 0) is 11.2 Å². The van der Waals surface area contributed by atoms with E-state index in [0.29, 0.717) is 57.6 Å². The fraction of sp³-hybridized carbons (Fsp3) is 0.148. The number of hydrogen-bond donors (Lipinski definition) is 1. The quantitative estimate of drug-likeness (QED) is 0.292. The number of benzene rings is 3. The maximum absolute atomic E-state index is 12.8. The SMILES string of the molecule is O=C(Cc1ccc2cccc(Cl)c2n1)c1ccc(Oc2cc3c(cc2Cl)C(C(=O)O)CCO3)cc1. The van der Waals surface area contributed by atoms with Gasteiger partial charge in [0.2, 0.25) is 0 Å². The number of ketones is 1. The van der Waals surface area contributed by atoms with E-state index in [1.807, 2.05) is 24.3 Å². The standard InChI is InChI=1S/C27H19Cl2NO5/c28-21-3-1-2-16-4-7-17(30-26(16)21)12-23(31)15-5-8-18(9-6-15)35-25-14-24-20(13-22(25)29)19(27(32)33)10-11-34-24/h1-9,13-14,19H,10-12H2,(H,32,33). The number of carbonyl (C=O) groups is 2. The smallest absolute Gasteiger partial charge is 0.311 e. The highest BCUT2D eigenvalue weighted by atomic mass is 35.5. The van der Waals surface area contributed by atoms with Gasteiger partial charge in [0, 0.05) is 28.3 Å². The van der Waals surface area contributed by atoms with E-state index in [2.05, 4.69) is 4.98 Å². The molecule has 2 heterocycles. The van der Waals surface area contributed by atoms with Gasteiger partial charge in [0.1, 0.15) is 17.2 Å². The number of halogens is 2. The lowest BCUT2D eigenvalue weighted by molar-refractivity contribution is -0.139. The molecule has 0 bridgehead atoms. The van der Waals surface area contributed by atoms with Crippen LogP contribution in [0.15, 0.2) is 66.7 Å². The number of nitrogens with zero attached hydrogens (tertiary/aromatic N) is 1. The zero-order valence-corrected chi connectivity index (χ0v) is 19.8. The largest absolute Gasteiger partial charge is 0.493 e. The summed E-state index contributed by atoms with van der Waals surface area (Å²) in [5, 5.41) is 11.2. The molecule has 0 fully saturated rings. The highest BCUT2D eigenvalue weighted by Crippen LogP contribution is 2.41. The van der Waals surface area contributed by atoms with Crippen LogP contribution < -0.4 is 9.47 Å². The lowest BCUT2D eigenvalue weighted by atomic mass is 9.93. The van der Waals surface area contributed by atoms with E-state index in [1.54, 1.807) is 42.5 Å². The first-order chi connectivity index (χ1) is 16.9. The van der Waals surface area contributed by atoms with E-state index in [9.17, 15) is 14.7 Å². The summed E-state index contributed by atoms with van der Waals surface area (Å²) in [5.41, 5.74) is 2.36. The van der Waals surface area contributed by atoms with Crippen LogP contribution >= 0.6 is 23.2 Å². The topological polar surface area (TPSA) is 85.7 Å². The molecule has 1 unspecified atom stereocenters. The predicted molar refractivity (Wildman–Crippen MR) is 133 cm³/mol. The molecule has 1 atom stereocenters. The fourth-order valence-electron chi connectivity index (χ4n) is 4.08. The molecule has 0 radical (unpaired) electrons. The van der Waals surface area contributed by atoms with Crippen LogP contribution in [0.4, 0.5) is 0 Å². The molecule has 4 aromatic rings. The minimum atomic E-state index is -0.915. The van der Waals surface area contributed by atoms with Gasteiger partial charge in [0.15, 0.2) is 5.78 Å². The number of carboxylic acid groups (broad SMARTS) is 1. The molecule has 3 aromatic carbocycles. The molecule has 0 spiro atoms. The van der Waals surface area contributed by atoms with Crippen molar-refractivity contribution in [1.82, 2.24) is 4.98 Å². The third kappa shape index (κ3) is 4.81. The molecule has 1 N–H and O–H groups in total. The third-order valence-electron chi connectivity index (χ3n) is 5.88. The summed E-state index contributed by atoms with van der Waals surface area (Å²) >= 11 is 12.6. The summed E-state index contributed by atoms with van der Waals surface area (Å²) in [6.07, 6.45) is 0.524. The molecule has 1 aliphatic heterocycles. The van der Waals surface area contributed by atoms with E-state index >= 15 is 0 Å². The van der Waals surface area contributed by atoms with Gasteiger partial charge in [-0.25, -0.2) is 0 Å². The molecule has 8 heteroatoms. The second-order valence-electron chi connectivity index (χ2n) is 8.19. The predicted octanol–water partition coefficient (Wildman–Crippen LogP) is 6.71. The van der Waals surface area contributed by atoms with E-state index < -0.39 is 11.9 Å². The number of ether oxygens (including phenoxy) is 2. The van der Waals surface area contributed by atoms with Gasteiger partial charge in [-0.1, -0.05) is 41.4 Å². The van der Waals surface area contributed by atoms with Crippen molar-refractivity contribution in [3.05, 3.63) is 93.6 Å². The van der Waals surface area contributed by atoms with Gasteiger partial charge in [-0.3, -0.25) is 14.6 Å². The number of para-hydroxylation sites is 1. The molecule has 0 amide bonds. The number of hydrogen-bond acceptors (Lipinski definition) is 5. The number of aromatic nitrogens is 1. The zero-order valence-electron chi connectivity index (χ0n) is 18.3. The Morgan fingerprint density at radius 2 is 1.83 bits per heavy atom. The first kappa shape index (κ1) is 23.1. The summed E-state index contributed by atoms with van der Waals surface area (Å²) in [6, 6.07) is 19.1. The summed E-state index contributed by atoms with van der Waals surface area (Å²) in [4.78, 5) is 28.9. The van der Waals surface area contributed by atoms with Crippen LogP contribution in [0, 0.1) is 0 Å². The second-order valence-corrected chi connectivity index (χ2v) is 9.00. The van der Waals surface area contributed by atoms with Crippen LogP contribution in [0.1, 0.15) is 34.0 Å². The van der Waals surface area contributed by atoms with Crippen molar-refractivity contribution in [3.8, 4) is 17.2 Å². The molecule has 0 aliphatic carbocycles. The monoisotopic (exact) mass is 507 g/mol. The normalized spacial score (nSPS) is 14.7. The van der Waals surface area contributed by atoms with Crippen LogP contribution in [0.5, 0.6) is 17.2 Å². The van der Waals surface area contributed by atoms with Gasteiger partial charge in [-0.15, -0.1) is 0 Å². The van der Waals surface area contributed by atoms with E-state index in [1.165, 1.54) is 0 Å². The van der Waals surface area contributed by atoms with Crippen molar-refractivity contribution in [2.24, 2.45) is 0 Å². The van der Waals surface area contributed by atoms with Gasteiger partial charge in [-0.2, -0.15) is 0 Å². The average Bonchev–Trinajstić information content (AvgIpc) is 2.85. The number of carboxylic acids is 1. The van der Waals surface area contributed by atoms with Crippen molar-refractivity contribution in [1.29, 1.82) is 0 Å². The molecule has 1 aromatic heterocycles. The molecule has 1 aliphatic rings. The van der Waals surface area contributed by atoms with Gasteiger partial charge in [0.25, 0.3) is 0 Å². The van der Waals surface area contributed by atoms with Crippen molar-refractivity contribution < 1.29 is 24.2 Å². The molecule has 0 saturated heterocycles. The summed E-state index contributed by atoms with van der Waals surface area (Å²) < 4.78 is 11.5. The average molecular weight is 508 g/mol. The highest BCUT2D eigenvalue weighted by Gasteiger charge is 2.29. The number of Topliss-reactive ketones (excluding diaryl/α,β-unsaturated/α-hetero) is 1. The van der Waals surface area contributed by atoms with Crippen molar-refractivity contribution in [3.63, 3.8) is 0 Å². The molecule has 176 valence electrons. The first-order valence-corrected chi connectivity index (χ1v) is 11.7. The number of rotatable bonds is 6. The second kappa shape index (κ2) is 9.56. The summed E-state index contributed by atoms with van der Waals surface area (Å²) in [5.74, 6) is -0.407. The van der Waals surface area contributed by atoms with Gasteiger partial charge in [-0.05, 0) is 48.9 Å². The number of aliphatic carboxylic acids is 1. The van der Waals surface area contributed by atoms with Gasteiger partial charge < -0.3 is 14.6 Å². The Kier molecular flexibility index (Phi) is 6.32. The Labute approximate surface area is 211 Å². The lowest BCUT2D eigenvalue weighted by Gasteiger charge is -2.24. The number of carbonyl (C=O) groups excluding carboxylic acids is 1. The molecule has 6 nitrogen and oxygen atoms in total. The fourth-order valence-corrected chi connectivity index (χ4v) is 4.51. The Balaban J connectivity index is 1.31. The number of pyridine rings is 1. The Morgan fingerprint density at radius 3 is 2.60 bits per heavy atom. The van der Waals surface area contributed by atoms with Crippen LogP contribution in [0.2, 0.25) is 10.0 Å². The minimum absolute atomic E-state index is 0.0876. The Bertz CT molecular complexity index is 1450.